The van der Waals surface area contributed by atoms with Gasteiger partial charge in [-0.05, 0) is 24.1 Å². The second-order valence-corrected chi connectivity index (χ2v) is 6.27. The lowest BCUT2D eigenvalue weighted by atomic mass is 10.2. The van der Waals surface area contributed by atoms with Gasteiger partial charge in [-0.1, -0.05) is 36.4 Å². The van der Waals surface area contributed by atoms with Crippen molar-refractivity contribution >= 4 is 40.7 Å². The summed E-state index contributed by atoms with van der Waals surface area (Å²) in [6, 6.07) is 4.28. The quantitative estimate of drug-likeness (QED) is 0.329. The normalized spacial score (nSPS) is 10.6. The second-order valence-electron chi connectivity index (χ2n) is 4.80. The van der Waals surface area contributed by atoms with Crippen LogP contribution in [-0.4, -0.2) is 20.6 Å². The van der Waals surface area contributed by atoms with Crippen LogP contribution in [0.2, 0.25) is 5.02 Å². The molecule has 0 bridgehead atoms. The molecular formula is C14H15ClFN5O2S. The number of halogens is 2. The van der Waals surface area contributed by atoms with E-state index in [2.05, 4.69) is 15.3 Å². The van der Waals surface area contributed by atoms with Crippen molar-refractivity contribution in [2.75, 3.05) is 16.8 Å². The maximum Gasteiger partial charge on any atom is 0.353 e. The molecule has 0 aliphatic rings. The first-order valence-corrected chi connectivity index (χ1v) is 8.41. The molecule has 0 fully saturated rings. The second kappa shape index (κ2) is 8.11. The van der Waals surface area contributed by atoms with Crippen LogP contribution >= 0.6 is 23.4 Å². The topological polar surface area (TPSA) is 107 Å². The van der Waals surface area contributed by atoms with Gasteiger partial charge in [0.05, 0.1) is 9.95 Å². The molecule has 0 aliphatic heterocycles. The van der Waals surface area contributed by atoms with Crippen molar-refractivity contribution in [1.82, 2.24) is 9.97 Å². The Balaban J connectivity index is 2.27. The monoisotopic (exact) mass is 371 g/mol. The van der Waals surface area contributed by atoms with Crippen molar-refractivity contribution in [3.8, 4) is 0 Å². The first-order chi connectivity index (χ1) is 11.4. The van der Waals surface area contributed by atoms with Crippen LogP contribution in [-0.2, 0) is 6.54 Å². The molecule has 0 aliphatic carbocycles. The Morgan fingerprint density at radius 1 is 1.46 bits per heavy atom. The predicted octanol–water partition coefficient (Wildman–Crippen LogP) is 3.87. The summed E-state index contributed by atoms with van der Waals surface area (Å²) in [6.45, 7) is 2.12. The summed E-state index contributed by atoms with van der Waals surface area (Å²) in [5.74, 6) is -0.00858. The maximum atomic E-state index is 13.5. The molecule has 10 heteroatoms. The molecule has 0 saturated heterocycles. The molecule has 0 saturated carbocycles. The smallest absolute Gasteiger partial charge is 0.353 e. The zero-order valence-corrected chi connectivity index (χ0v) is 14.3. The minimum absolute atomic E-state index is 0.00135. The molecule has 2 aromatic rings. The maximum absolute atomic E-state index is 13.5. The van der Waals surface area contributed by atoms with E-state index in [-0.39, 0.29) is 23.2 Å². The van der Waals surface area contributed by atoms with Gasteiger partial charge in [0.2, 0.25) is 11.6 Å². The van der Waals surface area contributed by atoms with E-state index < -0.39 is 16.4 Å². The number of nitrogens with one attached hydrogen (secondary N) is 1. The lowest BCUT2D eigenvalue weighted by molar-refractivity contribution is -0.383. The van der Waals surface area contributed by atoms with E-state index in [1.165, 1.54) is 23.9 Å². The molecule has 0 atom stereocenters. The molecule has 3 N–H and O–H groups in total. The number of thioether (sulfide) groups is 1. The Morgan fingerprint density at radius 2 is 2.21 bits per heavy atom. The lowest BCUT2D eigenvalue weighted by Crippen LogP contribution is -2.09. The highest BCUT2D eigenvalue weighted by Crippen LogP contribution is 2.31. The molecular weight excluding hydrogens is 357 g/mol. The number of nitro groups is 1. The minimum atomic E-state index is -0.644. The van der Waals surface area contributed by atoms with Crippen LogP contribution in [0.25, 0.3) is 0 Å². The molecule has 7 nitrogen and oxygen atoms in total. The van der Waals surface area contributed by atoms with Gasteiger partial charge in [-0.25, -0.2) is 4.39 Å². The summed E-state index contributed by atoms with van der Waals surface area (Å²) in [5.41, 5.74) is 5.85. The Kier molecular flexibility index (Phi) is 6.16. The van der Waals surface area contributed by atoms with Crippen molar-refractivity contribution in [2.45, 2.75) is 25.0 Å². The zero-order chi connectivity index (χ0) is 17.7. The van der Waals surface area contributed by atoms with E-state index in [4.69, 9.17) is 17.3 Å². The number of rotatable bonds is 7. The molecule has 1 aromatic heterocycles. The Labute approximate surface area is 147 Å². The standard InChI is InChI=1S/C14H15ClFN5O2S/c1-2-5-24-14-19-12(17)11(21(22)23)13(20-14)18-7-8-3-4-9(15)10(16)6-8/h3-4,6H,2,5,7H2,1H3,(H3,17,18,19,20). The Hall–Kier alpha value is -2.13. The number of aromatic nitrogens is 2. The highest BCUT2D eigenvalue weighted by Gasteiger charge is 2.23. The molecule has 1 heterocycles. The van der Waals surface area contributed by atoms with Crippen molar-refractivity contribution in [3.63, 3.8) is 0 Å². The fourth-order valence-corrected chi connectivity index (χ4v) is 2.67. The molecule has 1 aromatic carbocycles. The van der Waals surface area contributed by atoms with E-state index >= 15 is 0 Å². The van der Waals surface area contributed by atoms with Crippen LogP contribution in [0.1, 0.15) is 18.9 Å². The molecule has 0 radical (unpaired) electrons. The number of nitrogens with two attached hydrogens (primary N) is 1. The van der Waals surface area contributed by atoms with E-state index in [1.54, 1.807) is 6.07 Å². The van der Waals surface area contributed by atoms with Gasteiger partial charge in [0.25, 0.3) is 0 Å². The number of hydrogen-bond donors (Lipinski definition) is 2. The summed E-state index contributed by atoms with van der Waals surface area (Å²) in [7, 11) is 0. The van der Waals surface area contributed by atoms with Crippen LogP contribution in [0.15, 0.2) is 23.4 Å². The number of nitrogens with zero attached hydrogens (tertiary/aromatic N) is 3. The van der Waals surface area contributed by atoms with Crippen LogP contribution in [0.4, 0.5) is 21.7 Å². The van der Waals surface area contributed by atoms with Gasteiger partial charge in [0.1, 0.15) is 5.82 Å². The van der Waals surface area contributed by atoms with Crippen LogP contribution in [0.3, 0.4) is 0 Å². The summed E-state index contributed by atoms with van der Waals surface area (Å²) in [5, 5.41) is 14.4. The van der Waals surface area contributed by atoms with Crippen LogP contribution in [0, 0.1) is 15.9 Å². The summed E-state index contributed by atoms with van der Waals surface area (Å²) in [4.78, 5) is 18.6. The van der Waals surface area contributed by atoms with E-state index in [0.29, 0.717) is 10.7 Å². The van der Waals surface area contributed by atoms with Crippen molar-refractivity contribution < 1.29 is 9.31 Å². The van der Waals surface area contributed by atoms with Crippen LogP contribution in [0.5, 0.6) is 0 Å². The average molecular weight is 372 g/mol. The van der Waals surface area contributed by atoms with Crippen molar-refractivity contribution in [1.29, 1.82) is 0 Å². The first kappa shape index (κ1) is 18.2. The number of hydrogen-bond acceptors (Lipinski definition) is 7. The number of nitrogen functional groups attached to an aromatic ring is 1. The van der Waals surface area contributed by atoms with Crippen molar-refractivity contribution in [3.05, 3.63) is 44.7 Å². The largest absolute Gasteiger partial charge is 0.378 e. The molecule has 24 heavy (non-hydrogen) atoms. The predicted molar refractivity (Wildman–Crippen MR) is 92.9 cm³/mol. The molecule has 2 rings (SSSR count). The summed E-state index contributed by atoms with van der Waals surface area (Å²) >= 11 is 6.98. The molecule has 0 unspecified atom stereocenters. The van der Waals surface area contributed by atoms with Gasteiger partial charge < -0.3 is 11.1 Å². The van der Waals surface area contributed by atoms with Gasteiger partial charge in [0, 0.05) is 12.3 Å². The fourth-order valence-electron chi connectivity index (χ4n) is 1.85. The van der Waals surface area contributed by atoms with Crippen molar-refractivity contribution in [2.24, 2.45) is 0 Å². The molecule has 128 valence electrons. The third kappa shape index (κ3) is 4.45. The zero-order valence-electron chi connectivity index (χ0n) is 12.8. The van der Waals surface area contributed by atoms with E-state index in [9.17, 15) is 14.5 Å². The summed E-state index contributed by atoms with van der Waals surface area (Å²) < 4.78 is 13.5. The molecule has 0 amide bonds. The minimum Gasteiger partial charge on any atom is -0.378 e. The van der Waals surface area contributed by atoms with Gasteiger partial charge in [0.15, 0.2) is 5.16 Å². The SMILES string of the molecule is CCCSc1nc(N)c([N+](=O)[O-])c(NCc2ccc(Cl)c(F)c2)n1. The third-order valence-electron chi connectivity index (χ3n) is 2.95. The number of anilines is 2. The number of benzene rings is 1. The summed E-state index contributed by atoms with van der Waals surface area (Å²) in [6.07, 6.45) is 0.901. The highest BCUT2D eigenvalue weighted by molar-refractivity contribution is 7.99. The lowest BCUT2D eigenvalue weighted by Gasteiger charge is -2.09. The van der Waals surface area contributed by atoms with E-state index in [0.717, 1.165) is 12.2 Å². The Morgan fingerprint density at radius 3 is 2.83 bits per heavy atom. The van der Waals surface area contributed by atoms with Crippen LogP contribution < -0.4 is 11.1 Å². The average Bonchev–Trinajstić information content (AvgIpc) is 2.53. The van der Waals surface area contributed by atoms with Gasteiger partial charge in [-0.3, -0.25) is 10.1 Å². The van der Waals surface area contributed by atoms with Gasteiger partial charge >= 0.3 is 5.69 Å². The fraction of sp³-hybridized carbons (Fsp3) is 0.286. The Bertz CT molecular complexity index is 762. The first-order valence-electron chi connectivity index (χ1n) is 7.04. The van der Waals surface area contributed by atoms with E-state index in [1.807, 2.05) is 6.92 Å². The highest BCUT2D eigenvalue weighted by atomic mass is 35.5. The molecule has 0 spiro atoms. The van der Waals surface area contributed by atoms with Gasteiger partial charge in [-0.15, -0.1) is 0 Å². The third-order valence-corrected chi connectivity index (χ3v) is 4.31. The van der Waals surface area contributed by atoms with Gasteiger partial charge in [-0.2, -0.15) is 9.97 Å².